The summed E-state index contributed by atoms with van der Waals surface area (Å²) in [5, 5.41) is 24.7. The van der Waals surface area contributed by atoms with E-state index in [0.29, 0.717) is 16.1 Å². The van der Waals surface area contributed by atoms with Gasteiger partial charge < -0.3 is 21.3 Å². The van der Waals surface area contributed by atoms with Crippen molar-refractivity contribution in [2.45, 2.75) is 31.0 Å². The molecule has 0 aliphatic rings. The lowest BCUT2D eigenvalue weighted by Gasteiger charge is -2.39. The number of carbonyl (C=O) groups is 2. The number of aliphatic hydroxyl groups is 1. The molecule has 5 N–H and O–H groups in total. The normalized spacial score (nSPS) is 14.8. The van der Waals surface area contributed by atoms with E-state index in [1.807, 2.05) is 0 Å². The van der Waals surface area contributed by atoms with E-state index in [1.165, 1.54) is 18.2 Å². The average molecular weight is 479 g/mol. The molecule has 7 heteroatoms. The van der Waals surface area contributed by atoms with Gasteiger partial charge in [-0.1, -0.05) is 73.1 Å². The number of rotatable bonds is 9. The molecular weight excluding hydrogens is 452 g/mol. The van der Waals surface area contributed by atoms with Crippen molar-refractivity contribution in [3.05, 3.63) is 107 Å². The molecule has 3 rings (SSSR count). The number of Topliss-reactive ketones (excluding diaryl/α,β-unsaturated/α-hetero) is 1. The van der Waals surface area contributed by atoms with Crippen molar-refractivity contribution < 1.29 is 19.8 Å². The standard InChI is InChI=1S/C27H27ClN2O4/c1-2-27(34,20-11-15-22(31)16-12-20)26(24(29)25(33)19-6-4-3-5-7-19)30-23(32)17-10-18-8-13-21(28)14-9-18/h3-17,24,26,31,34H,2,29H2,1H3,(H,30,32). The highest BCUT2D eigenvalue weighted by Gasteiger charge is 2.44. The second-order valence-electron chi connectivity index (χ2n) is 7.95. The van der Waals surface area contributed by atoms with Crippen LogP contribution in [0.15, 0.2) is 84.9 Å². The van der Waals surface area contributed by atoms with Crippen molar-refractivity contribution in [2.24, 2.45) is 5.73 Å². The molecule has 0 aliphatic carbocycles. The van der Waals surface area contributed by atoms with Gasteiger partial charge in [0, 0.05) is 16.7 Å². The van der Waals surface area contributed by atoms with Crippen molar-refractivity contribution in [2.75, 3.05) is 0 Å². The Balaban J connectivity index is 1.94. The van der Waals surface area contributed by atoms with E-state index in [-0.39, 0.29) is 12.2 Å². The highest BCUT2D eigenvalue weighted by Crippen LogP contribution is 2.32. The molecular formula is C27H27ClN2O4. The third-order valence-electron chi connectivity index (χ3n) is 5.74. The van der Waals surface area contributed by atoms with Gasteiger partial charge in [0.15, 0.2) is 5.78 Å². The Bertz CT molecular complexity index is 1150. The zero-order chi connectivity index (χ0) is 24.7. The summed E-state index contributed by atoms with van der Waals surface area (Å²) >= 11 is 5.90. The summed E-state index contributed by atoms with van der Waals surface area (Å²) < 4.78 is 0. The summed E-state index contributed by atoms with van der Waals surface area (Å²) in [7, 11) is 0. The number of hydrogen-bond acceptors (Lipinski definition) is 5. The average Bonchev–Trinajstić information content (AvgIpc) is 2.86. The third kappa shape index (κ3) is 5.91. The zero-order valence-electron chi connectivity index (χ0n) is 18.7. The molecule has 0 bridgehead atoms. The first kappa shape index (κ1) is 25.2. The van der Waals surface area contributed by atoms with Crippen LogP contribution in [-0.2, 0) is 10.4 Å². The second-order valence-corrected chi connectivity index (χ2v) is 8.39. The molecule has 0 saturated carbocycles. The summed E-state index contributed by atoms with van der Waals surface area (Å²) in [6.07, 6.45) is 3.06. The fraction of sp³-hybridized carbons (Fsp3) is 0.185. The SMILES string of the molecule is CCC(O)(c1ccc(O)cc1)C(NC(=O)C=Cc1ccc(Cl)cc1)C(N)C(=O)c1ccccc1. The number of halogens is 1. The molecule has 1 amide bonds. The Morgan fingerprint density at radius 2 is 1.65 bits per heavy atom. The Morgan fingerprint density at radius 3 is 2.24 bits per heavy atom. The Hall–Kier alpha value is -3.45. The largest absolute Gasteiger partial charge is 0.508 e. The van der Waals surface area contributed by atoms with Crippen LogP contribution in [0.5, 0.6) is 5.75 Å². The maximum atomic E-state index is 13.2. The van der Waals surface area contributed by atoms with Crippen LogP contribution < -0.4 is 11.1 Å². The first-order valence-electron chi connectivity index (χ1n) is 10.9. The number of carbonyl (C=O) groups excluding carboxylic acids is 2. The molecule has 0 fully saturated rings. The molecule has 0 aromatic heterocycles. The van der Waals surface area contributed by atoms with Crippen LogP contribution in [0.4, 0.5) is 0 Å². The predicted octanol–water partition coefficient (Wildman–Crippen LogP) is 4.05. The van der Waals surface area contributed by atoms with Crippen molar-refractivity contribution in [3.63, 3.8) is 0 Å². The van der Waals surface area contributed by atoms with E-state index in [9.17, 15) is 19.8 Å². The summed E-state index contributed by atoms with van der Waals surface area (Å²) in [6, 6.07) is 19.0. The molecule has 3 aromatic rings. The lowest BCUT2D eigenvalue weighted by molar-refractivity contribution is -0.120. The van der Waals surface area contributed by atoms with E-state index in [1.54, 1.807) is 79.7 Å². The fourth-order valence-electron chi connectivity index (χ4n) is 3.75. The van der Waals surface area contributed by atoms with Crippen LogP contribution in [0.3, 0.4) is 0 Å². The van der Waals surface area contributed by atoms with Gasteiger partial charge in [0.1, 0.15) is 11.4 Å². The number of ketones is 1. The van der Waals surface area contributed by atoms with E-state index < -0.39 is 29.4 Å². The number of hydrogen-bond donors (Lipinski definition) is 4. The number of aromatic hydroxyl groups is 1. The van der Waals surface area contributed by atoms with Crippen molar-refractivity contribution in [1.29, 1.82) is 0 Å². The first-order valence-corrected chi connectivity index (χ1v) is 11.2. The smallest absolute Gasteiger partial charge is 0.244 e. The van der Waals surface area contributed by atoms with Gasteiger partial charge in [-0.05, 0) is 47.9 Å². The first-order chi connectivity index (χ1) is 16.2. The molecule has 0 radical (unpaired) electrons. The van der Waals surface area contributed by atoms with Gasteiger partial charge in [0.25, 0.3) is 0 Å². The summed E-state index contributed by atoms with van der Waals surface area (Å²) in [5.41, 5.74) is 6.24. The number of nitrogens with two attached hydrogens (primary N) is 1. The van der Waals surface area contributed by atoms with Crippen LogP contribution in [-0.4, -0.2) is 34.0 Å². The fourth-order valence-corrected chi connectivity index (χ4v) is 3.88. The van der Waals surface area contributed by atoms with E-state index >= 15 is 0 Å². The molecule has 0 spiro atoms. The molecule has 0 heterocycles. The molecule has 6 nitrogen and oxygen atoms in total. The van der Waals surface area contributed by atoms with Gasteiger partial charge >= 0.3 is 0 Å². The molecule has 3 atom stereocenters. The minimum absolute atomic E-state index is 0.0262. The Morgan fingerprint density at radius 1 is 1.03 bits per heavy atom. The minimum atomic E-state index is -1.68. The number of phenols is 1. The van der Waals surface area contributed by atoms with Crippen molar-refractivity contribution in [1.82, 2.24) is 5.32 Å². The Kier molecular flexibility index (Phi) is 8.23. The minimum Gasteiger partial charge on any atom is -0.508 e. The van der Waals surface area contributed by atoms with Crippen LogP contribution >= 0.6 is 11.6 Å². The molecule has 3 unspecified atom stereocenters. The quantitative estimate of drug-likeness (QED) is 0.274. The maximum Gasteiger partial charge on any atom is 0.244 e. The lowest BCUT2D eigenvalue weighted by atomic mass is 9.78. The van der Waals surface area contributed by atoms with Crippen LogP contribution in [0, 0.1) is 0 Å². The number of amides is 1. The van der Waals surface area contributed by atoms with Crippen molar-refractivity contribution in [3.8, 4) is 5.75 Å². The molecule has 176 valence electrons. The van der Waals surface area contributed by atoms with E-state index in [4.69, 9.17) is 17.3 Å². The Labute approximate surface area is 203 Å². The second kappa shape index (κ2) is 11.1. The number of phenolic OH excluding ortho intramolecular Hbond substituents is 1. The number of nitrogens with one attached hydrogen (secondary N) is 1. The van der Waals surface area contributed by atoms with Gasteiger partial charge in [-0.15, -0.1) is 0 Å². The molecule has 0 aliphatic heterocycles. The lowest BCUT2D eigenvalue weighted by Crippen LogP contribution is -2.61. The van der Waals surface area contributed by atoms with Gasteiger partial charge in [-0.2, -0.15) is 0 Å². The highest BCUT2D eigenvalue weighted by molar-refractivity contribution is 6.30. The van der Waals surface area contributed by atoms with Crippen molar-refractivity contribution >= 4 is 29.4 Å². The molecule has 34 heavy (non-hydrogen) atoms. The highest BCUT2D eigenvalue weighted by atomic mass is 35.5. The molecule has 3 aromatic carbocycles. The molecule has 0 saturated heterocycles. The number of benzene rings is 3. The van der Waals surface area contributed by atoms with Crippen LogP contribution in [0.1, 0.15) is 34.8 Å². The van der Waals surface area contributed by atoms with Gasteiger partial charge in [-0.25, -0.2) is 0 Å². The van der Waals surface area contributed by atoms with Gasteiger partial charge in [0.05, 0.1) is 12.1 Å². The van der Waals surface area contributed by atoms with Gasteiger partial charge in [0.2, 0.25) is 5.91 Å². The predicted molar refractivity (Wildman–Crippen MR) is 133 cm³/mol. The topological polar surface area (TPSA) is 113 Å². The monoisotopic (exact) mass is 478 g/mol. The third-order valence-corrected chi connectivity index (χ3v) is 5.99. The van der Waals surface area contributed by atoms with E-state index in [0.717, 1.165) is 5.56 Å². The van der Waals surface area contributed by atoms with Crippen LogP contribution in [0.25, 0.3) is 6.08 Å². The maximum absolute atomic E-state index is 13.2. The summed E-state index contributed by atoms with van der Waals surface area (Å²) in [5.74, 6) is -0.918. The van der Waals surface area contributed by atoms with Gasteiger partial charge in [-0.3, -0.25) is 9.59 Å². The van der Waals surface area contributed by atoms with Crippen LogP contribution in [0.2, 0.25) is 5.02 Å². The zero-order valence-corrected chi connectivity index (χ0v) is 19.4. The summed E-state index contributed by atoms with van der Waals surface area (Å²) in [6.45, 7) is 1.73. The van der Waals surface area contributed by atoms with E-state index in [2.05, 4.69) is 5.32 Å². The summed E-state index contributed by atoms with van der Waals surface area (Å²) in [4.78, 5) is 26.0.